The van der Waals surface area contributed by atoms with Crippen LogP contribution in [0.3, 0.4) is 0 Å². The van der Waals surface area contributed by atoms with Crippen LogP contribution in [0.15, 0.2) is 12.4 Å². The molecule has 86 valence electrons. The molecule has 4 nitrogen and oxygen atoms in total. The van der Waals surface area contributed by atoms with E-state index in [2.05, 4.69) is 21.8 Å². The van der Waals surface area contributed by atoms with Crippen molar-refractivity contribution in [2.45, 2.75) is 39.3 Å². The van der Waals surface area contributed by atoms with Crippen LogP contribution in [0.25, 0.3) is 0 Å². The van der Waals surface area contributed by atoms with E-state index < -0.39 is 0 Å². The molecule has 1 atom stereocenters. The molecule has 1 aromatic rings. The number of rotatable bonds is 7. The molecule has 0 spiro atoms. The maximum absolute atomic E-state index is 9.48. The van der Waals surface area contributed by atoms with Crippen LogP contribution in [0.2, 0.25) is 0 Å². The van der Waals surface area contributed by atoms with Crippen molar-refractivity contribution in [3.63, 3.8) is 0 Å². The summed E-state index contributed by atoms with van der Waals surface area (Å²) in [5, 5.41) is 12.7. The van der Waals surface area contributed by atoms with Crippen LogP contribution in [0, 0.1) is 6.92 Å². The van der Waals surface area contributed by atoms with Gasteiger partial charge in [-0.1, -0.05) is 13.3 Å². The number of imidazole rings is 1. The van der Waals surface area contributed by atoms with Gasteiger partial charge in [-0.25, -0.2) is 4.98 Å². The number of aliphatic hydroxyl groups is 1. The number of aryl methyl sites for hydroxylation is 1. The Morgan fingerprint density at radius 1 is 1.60 bits per heavy atom. The average molecular weight is 211 g/mol. The van der Waals surface area contributed by atoms with Crippen LogP contribution in [0.5, 0.6) is 0 Å². The normalized spacial score (nSPS) is 13.0. The third-order valence-electron chi connectivity index (χ3n) is 2.45. The molecule has 1 aromatic heterocycles. The standard InChI is InChI=1S/C11H21N3O/c1-3-4-11(15)9-12-5-7-14-8-6-13-10(14)2/h6,8,11-12,15H,3-5,7,9H2,1-2H3. The molecule has 0 radical (unpaired) electrons. The van der Waals surface area contributed by atoms with Gasteiger partial charge >= 0.3 is 0 Å². The van der Waals surface area contributed by atoms with Crippen LogP contribution in [0.4, 0.5) is 0 Å². The molecular formula is C11H21N3O. The number of nitrogens with zero attached hydrogens (tertiary/aromatic N) is 2. The lowest BCUT2D eigenvalue weighted by Crippen LogP contribution is -2.29. The van der Waals surface area contributed by atoms with E-state index in [4.69, 9.17) is 0 Å². The molecular weight excluding hydrogens is 190 g/mol. The summed E-state index contributed by atoms with van der Waals surface area (Å²) in [6, 6.07) is 0. The van der Waals surface area contributed by atoms with Crippen molar-refractivity contribution in [2.24, 2.45) is 0 Å². The Labute approximate surface area is 91.3 Å². The van der Waals surface area contributed by atoms with E-state index >= 15 is 0 Å². The number of aromatic nitrogens is 2. The maximum Gasteiger partial charge on any atom is 0.105 e. The van der Waals surface area contributed by atoms with Crippen LogP contribution in [-0.2, 0) is 6.54 Å². The summed E-state index contributed by atoms with van der Waals surface area (Å²) >= 11 is 0. The molecule has 2 N–H and O–H groups in total. The van der Waals surface area contributed by atoms with E-state index in [1.165, 1.54) is 0 Å². The first-order valence-corrected chi connectivity index (χ1v) is 5.60. The topological polar surface area (TPSA) is 50.1 Å². The van der Waals surface area contributed by atoms with Gasteiger partial charge in [-0.3, -0.25) is 0 Å². The average Bonchev–Trinajstić information content (AvgIpc) is 2.60. The first-order chi connectivity index (χ1) is 7.24. The van der Waals surface area contributed by atoms with Crippen LogP contribution >= 0.6 is 0 Å². The highest BCUT2D eigenvalue weighted by molar-refractivity contribution is 4.88. The molecule has 1 unspecified atom stereocenters. The van der Waals surface area contributed by atoms with E-state index in [0.29, 0.717) is 6.54 Å². The van der Waals surface area contributed by atoms with Crippen molar-refractivity contribution < 1.29 is 5.11 Å². The van der Waals surface area contributed by atoms with Gasteiger partial charge in [-0.05, 0) is 13.3 Å². The van der Waals surface area contributed by atoms with Gasteiger partial charge in [0.2, 0.25) is 0 Å². The number of nitrogens with one attached hydrogen (secondary N) is 1. The molecule has 4 heteroatoms. The van der Waals surface area contributed by atoms with E-state index in [0.717, 1.165) is 31.8 Å². The van der Waals surface area contributed by atoms with Crippen molar-refractivity contribution in [1.29, 1.82) is 0 Å². The van der Waals surface area contributed by atoms with Crippen molar-refractivity contribution in [2.75, 3.05) is 13.1 Å². The number of aliphatic hydroxyl groups excluding tert-OH is 1. The zero-order valence-corrected chi connectivity index (χ0v) is 9.61. The first kappa shape index (κ1) is 12.2. The van der Waals surface area contributed by atoms with Gasteiger partial charge < -0.3 is 15.0 Å². The summed E-state index contributed by atoms with van der Waals surface area (Å²) in [4.78, 5) is 4.15. The third kappa shape index (κ3) is 4.44. The molecule has 1 rings (SSSR count). The second kappa shape index (κ2) is 6.58. The molecule has 0 saturated carbocycles. The fraction of sp³-hybridized carbons (Fsp3) is 0.727. The van der Waals surface area contributed by atoms with Crippen LogP contribution in [-0.4, -0.2) is 33.9 Å². The molecule has 0 aromatic carbocycles. The van der Waals surface area contributed by atoms with E-state index in [9.17, 15) is 5.11 Å². The fourth-order valence-corrected chi connectivity index (χ4v) is 1.54. The van der Waals surface area contributed by atoms with Gasteiger partial charge in [-0.15, -0.1) is 0 Å². The summed E-state index contributed by atoms with van der Waals surface area (Å²) < 4.78 is 2.10. The zero-order chi connectivity index (χ0) is 11.1. The Morgan fingerprint density at radius 3 is 3.00 bits per heavy atom. The summed E-state index contributed by atoms with van der Waals surface area (Å²) in [7, 11) is 0. The summed E-state index contributed by atoms with van der Waals surface area (Å²) in [5.41, 5.74) is 0. The highest BCUT2D eigenvalue weighted by Crippen LogP contribution is 1.95. The minimum Gasteiger partial charge on any atom is -0.392 e. The molecule has 1 heterocycles. The highest BCUT2D eigenvalue weighted by Gasteiger charge is 2.01. The minimum atomic E-state index is -0.209. The number of hydrogen-bond donors (Lipinski definition) is 2. The summed E-state index contributed by atoms with van der Waals surface area (Å²) in [5.74, 6) is 1.03. The molecule has 0 aliphatic rings. The van der Waals surface area contributed by atoms with Gasteiger partial charge in [0.25, 0.3) is 0 Å². The van der Waals surface area contributed by atoms with Gasteiger partial charge in [0.1, 0.15) is 5.82 Å². The van der Waals surface area contributed by atoms with Crippen molar-refractivity contribution >= 4 is 0 Å². The maximum atomic E-state index is 9.48. The lowest BCUT2D eigenvalue weighted by Gasteiger charge is -2.11. The van der Waals surface area contributed by atoms with E-state index in [1.54, 1.807) is 6.20 Å². The van der Waals surface area contributed by atoms with Gasteiger partial charge in [0, 0.05) is 32.0 Å². The quantitative estimate of drug-likeness (QED) is 0.660. The van der Waals surface area contributed by atoms with Gasteiger partial charge in [-0.2, -0.15) is 0 Å². The molecule has 0 saturated heterocycles. The minimum absolute atomic E-state index is 0.209. The first-order valence-electron chi connectivity index (χ1n) is 5.60. The molecule has 0 bridgehead atoms. The fourth-order valence-electron chi connectivity index (χ4n) is 1.54. The van der Waals surface area contributed by atoms with Gasteiger partial charge in [0.05, 0.1) is 6.10 Å². The largest absolute Gasteiger partial charge is 0.392 e. The predicted octanol–water partition coefficient (Wildman–Crippen LogP) is 0.942. The van der Waals surface area contributed by atoms with E-state index in [-0.39, 0.29) is 6.10 Å². The summed E-state index contributed by atoms with van der Waals surface area (Å²) in [6.45, 7) is 6.54. The zero-order valence-electron chi connectivity index (χ0n) is 9.61. The smallest absolute Gasteiger partial charge is 0.105 e. The Kier molecular flexibility index (Phi) is 5.36. The SMILES string of the molecule is CCCC(O)CNCCn1ccnc1C. The Hall–Kier alpha value is -0.870. The van der Waals surface area contributed by atoms with Crippen molar-refractivity contribution in [3.05, 3.63) is 18.2 Å². The predicted molar refractivity (Wildman–Crippen MR) is 60.7 cm³/mol. The third-order valence-corrected chi connectivity index (χ3v) is 2.45. The van der Waals surface area contributed by atoms with Crippen molar-refractivity contribution in [3.8, 4) is 0 Å². The Bertz CT molecular complexity index is 273. The van der Waals surface area contributed by atoms with E-state index in [1.807, 2.05) is 13.1 Å². The second-order valence-electron chi connectivity index (χ2n) is 3.81. The molecule has 0 aliphatic carbocycles. The highest BCUT2D eigenvalue weighted by atomic mass is 16.3. The summed E-state index contributed by atoms with van der Waals surface area (Å²) in [6.07, 6.45) is 5.47. The monoisotopic (exact) mass is 211 g/mol. The molecule has 0 fully saturated rings. The Balaban J connectivity index is 2.09. The molecule has 15 heavy (non-hydrogen) atoms. The van der Waals surface area contributed by atoms with Gasteiger partial charge in [0.15, 0.2) is 0 Å². The lowest BCUT2D eigenvalue weighted by molar-refractivity contribution is 0.160. The van der Waals surface area contributed by atoms with Crippen molar-refractivity contribution in [1.82, 2.24) is 14.9 Å². The van der Waals surface area contributed by atoms with Crippen LogP contribution < -0.4 is 5.32 Å². The second-order valence-corrected chi connectivity index (χ2v) is 3.81. The Morgan fingerprint density at radius 2 is 2.40 bits per heavy atom. The van der Waals surface area contributed by atoms with Crippen LogP contribution in [0.1, 0.15) is 25.6 Å². The lowest BCUT2D eigenvalue weighted by atomic mass is 10.2. The number of hydrogen-bond acceptors (Lipinski definition) is 3. The molecule has 0 amide bonds. The molecule has 0 aliphatic heterocycles.